The highest BCUT2D eigenvalue weighted by Gasteiger charge is 2.11. The number of thiazole rings is 1. The predicted octanol–water partition coefficient (Wildman–Crippen LogP) is 3.67. The van der Waals surface area contributed by atoms with Gasteiger partial charge in [0.2, 0.25) is 4.96 Å². The molecule has 0 radical (unpaired) electrons. The van der Waals surface area contributed by atoms with Crippen LogP contribution in [0.15, 0.2) is 53.3 Å². The molecule has 2 heterocycles. The summed E-state index contributed by atoms with van der Waals surface area (Å²) in [5.74, 6) is 0.504. The van der Waals surface area contributed by atoms with E-state index >= 15 is 0 Å². The summed E-state index contributed by atoms with van der Waals surface area (Å²) in [5, 5.41) is 5.57. The quantitative estimate of drug-likeness (QED) is 0.538. The molecule has 0 spiro atoms. The summed E-state index contributed by atoms with van der Waals surface area (Å²) in [4.78, 5) is 17.5. The Morgan fingerprint density at radius 1 is 1.04 bits per heavy atom. The molecule has 24 heavy (non-hydrogen) atoms. The molecule has 0 aliphatic rings. The largest absolute Gasteiger partial charge is 0.291 e. The normalized spacial score (nSPS) is 12.2. The molecule has 7 heteroatoms. The van der Waals surface area contributed by atoms with Crippen LogP contribution < -0.4 is 10.1 Å². The Labute approximate surface area is 150 Å². The van der Waals surface area contributed by atoms with E-state index in [1.807, 2.05) is 24.3 Å². The number of fused-ring (bicyclic) bond motifs is 1. The number of halogens is 2. The van der Waals surface area contributed by atoms with E-state index in [0.29, 0.717) is 25.4 Å². The minimum atomic E-state index is -0.192. The first kappa shape index (κ1) is 15.3. The summed E-state index contributed by atoms with van der Waals surface area (Å²) in [6.07, 6.45) is 1.79. The molecule has 0 saturated carbocycles. The van der Waals surface area contributed by atoms with E-state index in [9.17, 15) is 4.79 Å². The summed E-state index contributed by atoms with van der Waals surface area (Å²) in [5.41, 5.74) is 1.49. The van der Waals surface area contributed by atoms with E-state index in [1.165, 1.54) is 15.9 Å². The fourth-order valence-electron chi connectivity index (χ4n) is 2.30. The Kier molecular flexibility index (Phi) is 3.84. The average Bonchev–Trinajstić information content (AvgIpc) is 3.09. The van der Waals surface area contributed by atoms with Crippen LogP contribution >= 0.6 is 34.5 Å². The van der Waals surface area contributed by atoms with Crippen LogP contribution in [0.5, 0.6) is 0 Å². The zero-order valence-electron chi connectivity index (χ0n) is 12.1. The van der Waals surface area contributed by atoms with Crippen LogP contribution in [-0.4, -0.2) is 14.6 Å². The van der Waals surface area contributed by atoms with Crippen LogP contribution in [0.1, 0.15) is 5.56 Å². The smallest absolute Gasteiger partial charge is 0.266 e. The van der Waals surface area contributed by atoms with Gasteiger partial charge in [-0.15, -0.1) is 5.10 Å². The summed E-state index contributed by atoms with van der Waals surface area (Å²) in [7, 11) is 0. The number of hydrogen-bond donors (Lipinski definition) is 0. The van der Waals surface area contributed by atoms with Gasteiger partial charge in [-0.2, -0.15) is 9.50 Å². The molecule has 0 unspecified atom stereocenters. The topological polar surface area (TPSA) is 47.3 Å². The molecule has 0 bridgehead atoms. The second-order valence-electron chi connectivity index (χ2n) is 5.11. The standard InChI is InChI=1S/C17H9Cl2N3OS/c18-12-6-4-11(5-7-12)15-20-17-22(21-15)16(23)14(24-17)9-10-2-1-3-13(19)8-10/h1-9H. The first-order valence-electron chi connectivity index (χ1n) is 7.03. The molecular formula is C17H9Cl2N3OS. The van der Waals surface area contributed by atoms with Gasteiger partial charge >= 0.3 is 0 Å². The van der Waals surface area contributed by atoms with Crippen LogP contribution in [-0.2, 0) is 0 Å². The van der Waals surface area contributed by atoms with Gasteiger partial charge in [0, 0.05) is 15.6 Å². The SMILES string of the molecule is O=c1c(=Cc2cccc(Cl)c2)sc2nc(-c3ccc(Cl)cc3)nn12. The fraction of sp³-hybridized carbons (Fsp3) is 0. The maximum atomic E-state index is 12.5. The third kappa shape index (κ3) is 2.82. The summed E-state index contributed by atoms with van der Waals surface area (Å²) in [6.45, 7) is 0. The number of nitrogens with zero attached hydrogens (tertiary/aromatic N) is 3. The second-order valence-corrected chi connectivity index (χ2v) is 6.99. The van der Waals surface area contributed by atoms with E-state index in [-0.39, 0.29) is 5.56 Å². The van der Waals surface area contributed by atoms with Crippen molar-refractivity contribution in [2.24, 2.45) is 0 Å². The highest BCUT2D eigenvalue weighted by Crippen LogP contribution is 2.19. The van der Waals surface area contributed by atoms with Crippen LogP contribution in [0.4, 0.5) is 0 Å². The molecule has 0 N–H and O–H groups in total. The molecule has 0 aliphatic heterocycles. The minimum Gasteiger partial charge on any atom is -0.266 e. The van der Waals surface area contributed by atoms with Gasteiger partial charge in [-0.3, -0.25) is 4.79 Å². The molecule has 118 valence electrons. The van der Waals surface area contributed by atoms with E-state index < -0.39 is 0 Å². The third-order valence-corrected chi connectivity index (χ3v) is 4.88. The van der Waals surface area contributed by atoms with E-state index in [4.69, 9.17) is 23.2 Å². The molecule has 0 amide bonds. The lowest BCUT2D eigenvalue weighted by Crippen LogP contribution is -2.23. The molecule has 0 atom stereocenters. The first-order valence-corrected chi connectivity index (χ1v) is 8.60. The van der Waals surface area contributed by atoms with Crippen molar-refractivity contribution >= 4 is 45.6 Å². The maximum absolute atomic E-state index is 12.5. The van der Waals surface area contributed by atoms with Crippen molar-refractivity contribution in [2.45, 2.75) is 0 Å². The lowest BCUT2D eigenvalue weighted by molar-refractivity contribution is 0.937. The predicted molar refractivity (Wildman–Crippen MR) is 97.8 cm³/mol. The van der Waals surface area contributed by atoms with Gasteiger partial charge in [-0.05, 0) is 48.0 Å². The van der Waals surface area contributed by atoms with Crippen molar-refractivity contribution in [3.63, 3.8) is 0 Å². The van der Waals surface area contributed by atoms with Crippen molar-refractivity contribution in [1.82, 2.24) is 14.6 Å². The number of rotatable bonds is 2. The Morgan fingerprint density at radius 3 is 2.54 bits per heavy atom. The Morgan fingerprint density at radius 2 is 1.83 bits per heavy atom. The molecule has 4 aromatic rings. The van der Waals surface area contributed by atoms with Gasteiger partial charge < -0.3 is 0 Å². The highest BCUT2D eigenvalue weighted by atomic mass is 35.5. The summed E-state index contributed by atoms with van der Waals surface area (Å²) < 4.78 is 1.89. The average molecular weight is 374 g/mol. The zero-order chi connectivity index (χ0) is 16.7. The van der Waals surface area contributed by atoms with Crippen LogP contribution in [0.2, 0.25) is 10.0 Å². The maximum Gasteiger partial charge on any atom is 0.291 e. The fourth-order valence-corrected chi connectivity index (χ4v) is 3.54. The highest BCUT2D eigenvalue weighted by molar-refractivity contribution is 7.15. The van der Waals surface area contributed by atoms with E-state index in [2.05, 4.69) is 10.1 Å². The summed E-state index contributed by atoms with van der Waals surface area (Å²) in [6, 6.07) is 14.5. The number of aromatic nitrogens is 3. The van der Waals surface area contributed by atoms with Crippen molar-refractivity contribution in [3.05, 3.63) is 79.0 Å². The first-order chi connectivity index (χ1) is 11.6. The van der Waals surface area contributed by atoms with Gasteiger partial charge in [-0.25, -0.2) is 0 Å². The molecular weight excluding hydrogens is 365 g/mol. The number of hydrogen-bond acceptors (Lipinski definition) is 4. The van der Waals surface area contributed by atoms with Gasteiger partial charge in [0.25, 0.3) is 5.56 Å². The van der Waals surface area contributed by atoms with Gasteiger partial charge in [0.1, 0.15) is 0 Å². The molecule has 4 nitrogen and oxygen atoms in total. The Hall–Kier alpha value is -2.21. The van der Waals surface area contributed by atoms with Crippen molar-refractivity contribution in [2.75, 3.05) is 0 Å². The molecule has 0 saturated heterocycles. The number of benzene rings is 2. The minimum absolute atomic E-state index is 0.192. The van der Waals surface area contributed by atoms with Crippen LogP contribution in [0.3, 0.4) is 0 Å². The molecule has 0 fully saturated rings. The van der Waals surface area contributed by atoms with Crippen molar-refractivity contribution in [3.8, 4) is 11.4 Å². The van der Waals surface area contributed by atoms with Gasteiger partial charge in [0.05, 0.1) is 4.53 Å². The third-order valence-electron chi connectivity index (χ3n) is 3.43. The summed E-state index contributed by atoms with van der Waals surface area (Å²) >= 11 is 13.2. The van der Waals surface area contributed by atoms with E-state index in [1.54, 1.807) is 30.3 Å². The van der Waals surface area contributed by atoms with Crippen molar-refractivity contribution < 1.29 is 0 Å². The van der Waals surface area contributed by atoms with Crippen LogP contribution in [0, 0.1) is 0 Å². The molecule has 2 aromatic heterocycles. The van der Waals surface area contributed by atoms with Gasteiger partial charge in [0.15, 0.2) is 5.82 Å². The molecule has 4 rings (SSSR count). The second kappa shape index (κ2) is 6.02. The Balaban J connectivity index is 1.81. The van der Waals surface area contributed by atoms with E-state index in [0.717, 1.165) is 11.1 Å². The van der Waals surface area contributed by atoms with Gasteiger partial charge in [-0.1, -0.05) is 46.7 Å². The monoisotopic (exact) mass is 373 g/mol. The molecule has 2 aromatic carbocycles. The Bertz CT molecular complexity index is 1150. The lowest BCUT2D eigenvalue weighted by Gasteiger charge is -1.94. The molecule has 0 aliphatic carbocycles. The van der Waals surface area contributed by atoms with Crippen LogP contribution in [0.25, 0.3) is 22.4 Å². The van der Waals surface area contributed by atoms with Crippen molar-refractivity contribution in [1.29, 1.82) is 0 Å². The zero-order valence-corrected chi connectivity index (χ0v) is 14.4. The lowest BCUT2D eigenvalue weighted by atomic mass is 10.2.